The molecule has 5 heteroatoms. The maximum absolute atomic E-state index is 6.49. The van der Waals surface area contributed by atoms with Gasteiger partial charge in [0.05, 0.1) is 18.4 Å². The van der Waals surface area contributed by atoms with Crippen LogP contribution in [0.25, 0.3) is 0 Å². The van der Waals surface area contributed by atoms with Crippen LogP contribution in [0.3, 0.4) is 0 Å². The van der Waals surface area contributed by atoms with E-state index in [1.165, 1.54) is 24.8 Å². The van der Waals surface area contributed by atoms with Crippen molar-refractivity contribution >= 4 is 5.71 Å². The summed E-state index contributed by atoms with van der Waals surface area (Å²) in [6, 6.07) is 24.8. The molecule has 2 heterocycles. The summed E-state index contributed by atoms with van der Waals surface area (Å²) in [6.07, 6.45) is 7.07. The van der Waals surface area contributed by atoms with Gasteiger partial charge in [-0.2, -0.15) is 5.10 Å². The average Bonchev–Trinajstić information content (AvgIpc) is 3.38. The minimum Gasteiger partial charge on any atom is -0.494 e. The van der Waals surface area contributed by atoms with E-state index in [2.05, 4.69) is 61.0 Å². The van der Waals surface area contributed by atoms with Crippen LogP contribution >= 0.6 is 0 Å². The predicted octanol–water partition coefficient (Wildman–Crippen LogP) is 7.45. The Kier molecular flexibility index (Phi) is 7.55. The van der Waals surface area contributed by atoms with Crippen molar-refractivity contribution in [3.05, 3.63) is 102 Å². The van der Waals surface area contributed by atoms with Crippen LogP contribution in [0.2, 0.25) is 0 Å². The van der Waals surface area contributed by atoms with Crippen LogP contribution in [0.4, 0.5) is 0 Å². The molecule has 0 spiro atoms. The van der Waals surface area contributed by atoms with Gasteiger partial charge >= 0.3 is 0 Å². The molecule has 186 valence electrons. The lowest BCUT2D eigenvalue weighted by atomic mass is 9.96. The zero-order valence-electron chi connectivity index (χ0n) is 20.9. The molecule has 0 saturated heterocycles. The quantitative estimate of drug-likeness (QED) is 0.210. The van der Waals surface area contributed by atoms with Crippen LogP contribution in [0.1, 0.15) is 68.0 Å². The van der Waals surface area contributed by atoms with Crippen molar-refractivity contribution in [3.63, 3.8) is 0 Å². The average molecular weight is 483 g/mol. The Morgan fingerprint density at radius 3 is 2.47 bits per heavy atom. The van der Waals surface area contributed by atoms with E-state index in [1.54, 1.807) is 6.08 Å². The summed E-state index contributed by atoms with van der Waals surface area (Å²) in [7, 11) is 0. The van der Waals surface area contributed by atoms with Crippen LogP contribution in [0.15, 0.2) is 90.6 Å². The number of hydrazone groups is 1. The summed E-state index contributed by atoms with van der Waals surface area (Å²) in [6.45, 7) is 7.18. The Balaban J connectivity index is 1.35. The highest BCUT2D eigenvalue weighted by Crippen LogP contribution is 2.47. The molecule has 5 nitrogen and oxygen atoms in total. The van der Waals surface area contributed by atoms with Crippen LogP contribution in [0, 0.1) is 0 Å². The van der Waals surface area contributed by atoms with Crippen molar-refractivity contribution in [2.24, 2.45) is 5.10 Å². The molecule has 3 aromatic rings. The molecule has 0 unspecified atom stereocenters. The van der Waals surface area contributed by atoms with E-state index in [9.17, 15) is 0 Å². The minimum atomic E-state index is -0.295. The van der Waals surface area contributed by atoms with E-state index in [0.717, 1.165) is 53.5 Å². The number of unbranched alkanes of at least 4 members (excludes halogenated alkanes) is 3. The van der Waals surface area contributed by atoms with Crippen LogP contribution in [-0.4, -0.2) is 23.9 Å². The van der Waals surface area contributed by atoms with Crippen molar-refractivity contribution < 1.29 is 14.2 Å². The molecule has 0 bridgehead atoms. The molecular formula is C31H34N2O3. The van der Waals surface area contributed by atoms with Gasteiger partial charge in [0.2, 0.25) is 6.23 Å². The van der Waals surface area contributed by atoms with Crippen molar-refractivity contribution in [3.8, 4) is 17.2 Å². The van der Waals surface area contributed by atoms with Gasteiger partial charge < -0.3 is 14.2 Å². The predicted molar refractivity (Wildman–Crippen MR) is 144 cm³/mol. The van der Waals surface area contributed by atoms with E-state index < -0.39 is 0 Å². The smallest absolute Gasteiger partial charge is 0.213 e. The Bertz CT molecular complexity index is 1190. The van der Waals surface area contributed by atoms with E-state index in [4.69, 9.17) is 19.3 Å². The SMILES string of the molecule is C=CCOc1ccc(C2=NN3[C@@H](C2)c2ccccc2O[C@H]3c2ccc(OCCCCCC)cc2)cc1. The highest BCUT2D eigenvalue weighted by atomic mass is 16.5. The van der Waals surface area contributed by atoms with Gasteiger partial charge in [0.25, 0.3) is 0 Å². The van der Waals surface area contributed by atoms with E-state index >= 15 is 0 Å². The summed E-state index contributed by atoms with van der Waals surface area (Å²) in [5, 5.41) is 7.18. The summed E-state index contributed by atoms with van der Waals surface area (Å²) < 4.78 is 18.1. The third kappa shape index (κ3) is 5.25. The van der Waals surface area contributed by atoms with Crippen molar-refractivity contribution in [1.82, 2.24) is 5.01 Å². The minimum absolute atomic E-state index is 0.126. The van der Waals surface area contributed by atoms with E-state index in [1.807, 2.05) is 30.3 Å². The van der Waals surface area contributed by atoms with Gasteiger partial charge in [0, 0.05) is 17.5 Å². The summed E-state index contributed by atoms with van der Waals surface area (Å²) in [4.78, 5) is 0. The molecular weight excluding hydrogens is 448 g/mol. The number of rotatable bonds is 11. The fraction of sp³-hybridized carbons (Fsp3) is 0.323. The molecule has 3 aromatic carbocycles. The number of hydrogen-bond acceptors (Lipinski definition) is 5. The Morgan fingerprint density at radius 2 is 1.69 bits per heavy atom. The van der Waals surface area contributed by atoms with Gasteiger partial charge in [-0.25, -0.2) is 5.01 Å². The maximum Gasteiger partial charge on any atom is 0.213 e. The molecule has 0 radical (unpaired) electrons. The van der Waals surface area contributed by atoms with Gasteiger partial charge in [0.15, 0.2) is 0 Å². The molecule has 0 fully saturated rings. The third-order valence-electron chi connectivity index (χ3n) is 6.69. The lowest BCUT2D eigenvalue weighted by molar-refractivity contribution is -0.0190. The number of fused-ring (bicyclic) bond motifs is 3. The molecule has 2 aliphatic rings. The largest absolute Gasteiger partial charge is 0.494 e. The van der Waals surface area contributed by atoms with Crippen LogP contribution in [0.5, 0.6) is 17.2 Å². The van der Waals surface area contributed by atoms with Gasteiger partial charge in [-0.1, -0.05) is 57.0 Å². The van der Waals surface area contributed by atoms with Crippen molar-refractivity contribution in [2.75, 3.05) is 13.2 Å². The first kappa shape index (κ1) is 24.0. The van der Waals surface area contributed by atoms with Gasteiger partial charge in [-0.15, -0.1) is 0 Å². The van der Waals surface area contributed by atoms with Gasteiger partial charge in [0.1, 0.15) is 23.9 Å². The number of nitrogens with zero attached hydrogens (tertiary/aromatic N) is 2. The number of ether oxygens (including phenoxy) is 3. The molecule has 2 aliphatic heterocycles. The van der Waals surface area contributed by atoms with Crippen molar-refractivity contribution in [2.45, 2.75) is 51.3 Å². The molecule has 2 atom stereocenters. The van der Waals surface area contributed by atoms with Crippen LogP contribution in [-0.2, 0) is 0 Å². The fourth-order valence-corrected chi connectivity index (χ4v) is 4.77. The lowest BCUT2D eigenvalue weighted by Gasteiger charge is -2.38. The summed E-state index contributed by atoms with van der Waals surface area (Å²) in [5.74, 6) is 2.64. The van der Waals surface area contributed by atoms with E-state index in [0.29, 0.717) is 6.61 Å². The number of hydrogen-bond donors (Lipinski definition) is 0. The number of para-hydroxylation sites is 1. The molecule has 0 amide bonds. The monoisotopic (exact) mass is 482 g/mol. The van der Waals surface area contributed by atoms with Crippen LogP contribution < -0.4 is 14.2 Å². The Labute approximate surface area is 214 Å². The zero-order valence-corrected chi connectivity index (χ0v) is 20.9. The first-order chi connectivity index (χ1) is 17.8. The molecule has 0 aliphatic carbocycles. The highest BCUT2D eigenvalue weighted by Gasteiger charge is 2.40. The molecule has 36 heavy (non-hydrogen) atoms. The van der Waals surface area contributed by atoms with E-state index in [-0.39, 0.29) is 12.3 Å². The topological polar surface area (TPSA) is 43.3 Å². The van der Waals surface area contributed by atoms with Crippen molar-refractivity contribution in [1.29, 1.82) is 0 Å². The molecule has 0 aromatic heterocycles. The molecule has 5 rings (SSSR count). The molecule has 0 saturated carbocycles. The Morgan fingerprint density at radius 1 is 0.944 bits per heavy atom. The highest BCUT2D eigenvalue weighted by molar-refractivity contribution is 6.02. The zero-order chi connectivity index (χ0) is 24.7. The first-order valence-corrected chi connectivity index (χ1v) is 12.9. The first-order valence-electron chi connectivity index (χ1n) is 12.9. The second-order valence-electron chi connectivity index (χ2n) is 9.26. The number of benzene rings is 3. The third-order valence-corrected chi connectivity index (χ3v) is 6.69. The normalized spacial score (nSPS) is 18.0. The maximum atomic E-state index is 6.49. The second kappa shape index (κ2) is 11.3. The summed E-state index contributed by atoms with van der Waals surface area (Å²) in [5.41, 5.74) is 4.38. The molecule has 0 N–H and O–H groups in total. The summed E-state index contributed by atoms with van der Waals surface area (Å²) >= 11 is 0. The lowest BCUT2D eigenvalue weighted by Crippen LogP contribution is -2.33. The fourth-order valence-electron chi connectivity index (χ4n) is 4.77. The van der Waals surface area contributed by atoms with Gasteiger partial charge in [-0.3, -0.25) is 0 Å². The standard InChI is InChI=1S/C31H34N2O3/c1-3-5-6-9-21-35-26-18-14-24(15-19-26)31-33-29(27-10-7-8-11-30(27)36-31)22-28(32-33)23-12-16-25(17-13-23)34-20-4-2/h4,7-8,10-19,29,31H,2-3,5-6,9,20-22H2,1H3/t29-,31-/m0/s1. The second-order valence-corrected chi connectivity index (χ2v) is 9.26. The van der Waals surface area contributed by atoms with Gasteiger partial charge in [-0.05, 0) is 66.6 Å². The Hall–Kier alpha value is -3.73.